The molecular formula is C16H17N3O2. The molecule has 0 bridgehead atoms. The van der Waals surface area contributed by atoms with Crippen molar-refractivity contribution in [1.29, 1.82) is 0 Å². The number of fused-ring (bicyclic) bond motifs is 1. The summed E-state index contributed by atoms with van der Waals surface area (Å²) < 4.78 is 0. The third kappa shape index (κ3) is 2.20. The molecule has 1 atom stereocenters. The highest BCUT2D eigenvalue weighted by atomic mass is 16.2. The van der Waals surface area contributed by atoms with Crippen LogP contribution in [0.15, 0.2) is 35.3 Å². The van der Waals surface area contributed by atoms with Gasteiger partial charge in [-0.2, -0.15) is 0 Å². The Kier molecular flexibility index (Phi) is 3.05. The number of pyridine rings is 1. The Labute approximate surface area is 122 Å². The summed E-state index contributed by atoms with van der Waals surface area (Å²) in [5, 5.41) is 0. The van der Waals surface area contributed by atoms with Crippen LogP contribution in [0.1, 0.15) is 28.5 Å². The number of amides is 1. The zero-order chi connectivity index (χ0) is 15.1. The molecule has 3 N–H and O–H groups in total. The van der Waals surface area contributed by atoms with Gasteiger partial charge in [-0.3, -0.25) is 9.59 Å². The summed E-state index contributed by atoms with van der Waals surface area (Å²) in [6.07, 6.45) is 2.23. The first-order valence-electron chi connectivity index (χ1n) is 6.88. The smallest absolute Gasteiger partial charge is 0.264 e. The summed E-state index contributed by atoms with van der Waals surface area (Å²) in [6.45, 7) is 3.75. The lowest BCUT2D eigenvalue weighted by molar-refractivity contribution is 0.0980. The molecule has 108 valence electrons. The number of nitrogens with zero attached hydrogens (tertiary/aromatic N) is 1. The van der Waals surface area contributed by atoms with E-state index in [1.807, 2.05) is 19.1 Å². The Morgan fingerprint density at radius 3 is 2.86 bits per heavy atom. The minimum atomic E-state index is -0.271. The molecule has 1 unspecified atom stereocenters. The van der Waals surface area contributed by atoms with Gasteiger partial charge >= 0.3 is 0 Å². The maximum Gasteiger partial charge on any atom is 0.264 e. The first-order valence-corrected chi connectivity index (χ1v) is 6.88. The van der Waals surface area contributed by atoms with Gasteiger partial charge in [0.2, 0.25) is 0 Å². The molecule has 0 radical (unpaired) electrons. The number of aromatic nitrogens is 1. The number of rotatable bonds is 1. The van der Waals surface area contributed by atoms with Crippen LogP contribution in [0.5, 0.6) is 0 Å². The van der Waals surface area contributed by atoms with Gasteiger partial charge in [0.05, 0.1) is 0 Å². The second-order valence-electron chi connectivity index (χ2n) is 5.51. The lowest BCUT2D eigenvalue weighted by atomic mass is 10.1. The van der Waals surface area contributed by atoms with Crippen molar-refractivity contribution < 1.29 is 4.79 Å². The summed E-state index contributed by atoms with van der Waals surface area (Å²) in [4.78, 5) is 29.3. The molecule has 1 aromatic heterocycles. The number of hydrogen-bond donors (Lipinski definition) is 2. The minimum Gasteiger partial charge on any atom is -0.399 e. The third-order valence-corrected chi connectivity index (χ3v) is 3.83. The first kappa shape index (κ1) is 13.4. The van der Waals surface area contributed by atoms with Gasteiger partial charge in [-0.05, 0) is 44.0 Å². The number of carbonyl (C=O) groups is 1. The van der Waals surface area contributed by atoms with Crippen LogP contribution in [-0.4, -0.2) is 16.9 Å². The predicted octanol–water partition coefficient (Wildman–Crippen LogP) is 1.86. The summed E-state index contributed by atoms with van der Waals surface area (Å²) in [5.41, 5.74) is 8.99. The van der Waals surface area contributed by atoms with Crippen molar-refractivity contribution in [3.8, 4) is 0 Å². The molecule has 2 aromatic rings. The Bertz CT molecular complexity index is 779. The highest BCUT2D eigenvalue weighted by molar-refractivity contribution is 6.07. The predicted molar refractivity (Wildman–Crippen MR) is 82.6 cm³/mol. The molecule has 5 heteroatoms. The van der Waals surface area contributed by atoms with Crippen LogP contribution in [0.2, 0.25) is 0 Å². The maximum absolute atomic E-state index is 12.7. The number of nitrogen functional groups attached to an aromatic ring is 1. The SMILES string of the molecule is Cc1cc(=O)c(C(=O)N2c3ccc(N)cc3CC2C)c[nH]1. The number of anilines is 2. The van der Waals surface area contributed by atoms with Crippen molar-refractivity contribution in [2.75, 3.05) is 10.6 Å². The van der Waals surface area contributed by atoms with Gasteiger partial charge in [-0.25, -0.2) is 0 Å². The van der Waals surface area contributed by atoms with Gasteiger partial charge < -0.3 is 15.6 Å². The quantitative estimate of drug-likeness (QED) is 0.784. The fourth-order valence-electron chi connectivity index (χ4n) is 2.83. The Morgan fingerprint density at radius 2 is 2.14 bits per heavy atom. The fraction of sp³-hybridized carbons (Fsp3) is 0.250. The van der Waals surface area contributed by atoms with Gasteiger partial charge in [0.15, 0.2) is 5.43 Å². The zero-order valence-corrected chi connectivity index (χ0v) is 12.0. The van der Waals surface area contributed by atoms with E-state index < -0.39 is 0 Å². The highest BCUT2D eigenvalue weighted by Gasteiger charge is 2.32. The van der Waals surface area contributed by atoms with Crippen LogP contribution in [0, 0.1) is 6.92 Å². The number of aromatic amines is 1. The molecule has 3 rings (SSSR count). The summed E-state index contributed by atoms with van der Waals surface area (Å²) in [7, 11) is 0. The van der Waals surface area contributed by atoms with E-state index in [1.54, 1.807) is 17.9 Å². The van der Waals surface area contributed by atoms with Crippen LogP contribution in [-0.2, 0) is 6.42 Å². The fourth-order valence-corrected chi connectivity index (χ4v) is 2.83. The van der Waals surface area contributed by atoms with E-state index in [1.165, 1.54) is 12.3 Å². The standard InChI is InChI=1S/C16H17N3O2/c1-9-5-15(20)13(8-18-9)16(21)19-10(2)6-11-7-12(17)3-4-14(11)19/h3-5,7-8,10H,6,17H2,1-2H3,(H,18,20). The molecule has 1 aliphatic heterocycles. The van der Waals surface area contributed by atoms with Crippen molar-refractivity contribution in [3.63, 3.8) is 0 Å². The number of nitrogens with two attached hydrogens (primary N) is 1. The Morgan fingerprint density at radius 1 is 1.38 bits per heavy atom. The second kappa shape index (κ2) is 4.77. The average Bonchev–Trinajstić information content (AvgIpc) is 2.73. The third-order valence-electron chi connectivity index (χ3n) is 3.83. The second-order valence-corrected chi connectivity index (χ2v) is 5.51. The average molecular weight is 283 g/mol. The lowest BCUT2D eigenvalue weighted by Crippen LogP contribution is -2.38. The van der Waals surface area contributed by atoms with Crippen LogP contribution < -0.4 is 16.1 Å². The Hall–Kier alpha value is -2.56. The molecule has 21 heavy (non-hydrogen) atoms. The van der Waals surface area contributed by atoms with E-state index in [0.29, 0.717) is 5.69 Å². The van der Waals surface area contributed by atoms with E-state index in [9.17, 15) is 9.59 Å². The van der Waals surface area contributed by atoms with Gasteiger partial charge in [0.1, 0.15) is 5.56 Å². The van der Waals surface area contributed by atoms with E-state index in [0.717, 1.165) is 23.4 Å². The highest BCUT2D eigenvalue weighted by Crippen LogP contribution is 2.34. The molecular weight excluding hydrogens is 266 g/mol. The van der Waals surface area contributed by atoms with Gasteiger partial charge in [-0.1, -0.05) is 0 Å². The van der Waals surface area contributed by atoms with Crippen molar-refractivity contribution >= 4 is 17.3 Å². The van der Waals surface area contributed by atoms with E-state index in [-0.39, 0.29) is 22.9 Å². The minimum absolute atomic E-state index is 0.00926. The summed E-state index contributed by atoms with van der Waals surface area (Å²) in [5.74, 6) is -0.271. The van der Waals surface area contributed by atoms with Crippen molar-refractivity contribution in [3.05, 3.63) is 57.5 Å². The largest absolute Gasteiger partial charge is 0.399 e. The molecule has 0 saturated heterocycles. The molecule has 0 spiro atoms. The maximum atomic E-state index is 12.7. The van der Waals surface area contributed by atoms with Crippen molar-refractivity contribution in [2.45, 2.75) is 26.3 Å². The van der Waals surface area contributed by atoms with Gasteiger partial charge in [0.25, 0.3) is 5.91 Å². The van der Waals surface area contributed by atoms with E-state index in [4.69, 9.17) is 5.73 Å². The monoisotopic (exact) mass is 283 g/mol. The van der Waals surface area contributed by atoms with Crippen molar-refractivity contribution in [1.82, 2.24) is 4.98 Å². The zero-order valence-electron chi connectivity index (χ0n) is 12.0. The number of aryl methyl sites for hydroxylation is 1. The first-order chi connectivity index (χ1) is 9.97. The van der Waals surface area contributed by atoms with Crippen LogP contribution >= 0.6 is 0 Å². The Balaban J connectivity index is 2.05. The number of nitrogens with one attached hydrogen (secondary N) is 1. The van der Waals surface area contributed by atoms with Crippen LogP contribution in [0.4, 0.5) is 11.4 Å². The molecule has 1 aromatic carbocycles. The normalized spacial score (nSPS) is 16.9. The van der Waals surface area contributed by atoms with E-state index >= 15 is 0 Å². The molecule has 0 aliphatic carbocycles. The molecule has 5 nitrogen and oxygen atoms in total. The number of hydrogen-bond acceptors (Lipinski definition) is 3. The number of benzene rings is 1. The van der Waals surface area contributed by atoms with Crippen molar-refractivity contribution in [2.24, 2.45) is 0 Å². The molecule has 1 aliphatic rings. The van der Waals surface area contributed by atoms with Gasteiger partial charge in [0, 0.05) is 35.4 Å². The number of H-pyrrole nitrogens is 1. The topological polar surface area (TPSA) is 79.2 Å². The van der Waals surface area contributed by atoms with E-state index in [2.05, 4.69) is 4.98 Å². The molecule has 1 amide bonds. The lowest BCUT2D eigenvalue weighted by Gasteiger charge is -2.22. The summed E-state index contributed by atoms with van der Waals surface area (Å²) >= 11 is 0. The molecule has 2 heterocycles. The van der Waals surface area contributed by atoms with Crippen LogP contribution in [0.25, 0.3) is 0 Å². The van der Waals surface area contributed by atoms with Crippen LogP contribution in [0.3, 0.4) is 0 Å². The van der Waals surface area contributed by atoms with Gasteiger partial charge in [-0.15, -0.1) is 0 Å². The summed E-state index contributed by atoms with van der Waals surface area (Å²) in [6, 6.07) is 6.96. The number of carbonyl (C=O) groups excluding carboxylic acids is 1. The molecule has 0 saturated carbocycles. The molecule has 0 fully saturated rings.